The molecule has 3 nitrogen and oxygen atoms in total. The summed E-state index contributed by atoms with van der Waals surface area (Å²) in [6.07, 6.45) is 2.07. The second kappa shape index (κ2) is 6.75. The molecule has 1 N–H and O–H groups in total. The first-order valence-corrected chi connectivity index (χ1v) is 8.02. The van der Waals surface area contributed by atoms with Gasteiger partial charge in [-0.1, -0.05) is 34.1 Å². The summed E-state index contributed by atoms with van der Waals surface area (Å²) < 4.78 is 1.23. The third kappa shape index (κ3) is 4.76. The van der Waals surface area contributed by atoms with Crippen molar-refractivity contribution in [2.24, 2.45) is 0 Å². The van der Waals surface area contributed by atoms with Crippen molar-refractivity contribution in [2.45, 2.75) is 51.0 Å². The van der Waals surface area contributed by atoms with Gasteiger partial charge >= 0.3 is 0 Å². The van der Waals surface area contributed by atoms with Gasteiger partial charge in [-0.05, 0) is 22.4 Å². The van der Waals surface area contributed by atoms with Crippen LogP contribution in [-0.2, 0) is 12.2 Å². The number of thioether (sulfide) groups is 1. The van der Waals surface area contributed by atoms with E-state index in [-0.39, 0.29) is 4.75 Å². The minimum absolute atomic E-state index is 0.237. The molecule has 5 heteroatoms. The molecule has 0 atom stereocenters. The predicted molar refractivity (Wildman–Crippen MR) is 84.3 cm³/mol. The average molecular weight is 332 g/mol. The summed E-state index contributed by atoms with van der Waals surface area (Å²) in [6, 6.07) is 0. The highest BCUT2D eigenvalue weighted by Gasteiger charge is 2.15. The van der Waals surface area contributed by atoms with E-state index in [9.17, 15) is 0 Å². The SMILES string of the molecule is CCCc1nc(CSC(C)(C)C)nc(NC)c1Br. The van der Waals surface area contributed by atoms with Crippen LogP contribution in [0.5, 0.6) is 0 Å². The minimum atomic E-state index is 0.237. The fourth-order valence-electron chi connectivity index (χ4n) is 1.46. The Morgan fingerprint density at radius 2 is 1.94 bits per heavy atom. The van der Waals surface area contributed by atoms with Gasteiger partial charge in [-0.2, -0.15) is 0 Å². The first-order valence-electron chi connectivity index (χ1n) is 6.24. The molecular formula is C13H22BrN3S. The zero-order valence-electron chi connectivity index (χ0n) is 11.8. The first kappa shape index (κ1) is 15.8. The van der Waals surface area contributed by atoms with Crippen LogP contribution in [-0.4, -0.2) is 21.8 Å². The molecule has 0 bridgehead atoms. The van der Waals surface area contributed by atoms with Gasteiger partial charge < -0.3 is 5.32 Å². The molecule has 0 radical (unpaired) electrons. The average Bonchev–Trinajstić information content (AvgIpc) is 2.29. The van der Waals surface area contributed by atoms with Crippen LogP contribution in [0.15, 0.2) is 4.47 Å². The van der Waals surface area contributed by atoms with E-state index in [2.05, 4.69) is 58.9 Å². The Kier molecular flexibility index (Phi) is 5.92. The molecule has 0 aromatic carbocycles. The molecule has 0 saturated carbocycles. The summed E-state index contributed by atoms with van der Waals surface area (Å²) in [5, 5.41) is 3.12. The largest absolute Gasteiger partial charge is 0.372 e. The van der Waals surface area contributed by atoms with Crippen LogP contribution in [0.3, 0.4) is 0 Å². The molecule has 0 aliphatic heterocycles. The number of nitrogens with one attached hydrogen (secondary N) is 1. The zero-order chi connectivity index (χ0) is 13.8. The summed E-state index contributed by atoms with van der Waals surface area (Å²) in [5.74, 6) is 2.64. The summed E-state index contributed by atoms with van der Waals surface area (Å²) in [7, 11) is 1.89. The van der Waals surface area contributed by atoms with Gasteiger partial charge in [0.05, 0.1) is 15.9 Å². The van der Waals surface area contributed by atoms with Gasteiger partial charge in [0.1, 0.15) is 11.6 Å². The second-order valence-corrected chi connectivity index (χ2v) is 7.75. The van der Waals surface area contributed by atoms with Gasteiger partial charge in [0.25, 0.3) is 0 Å². The molecule has 0 spiro atoms. The maximum Gasteiger partial charge on any atom is 0.144 e. The minimum Gasteiger partial charge on any atom is -0.372 e. The highest BCUT2D eigenvalue weighted by atomic mass is 79.9. The van der Waals surface area contributed by atoms with Gasteiger partial charge in [0, 0.05) is 11.8 Å². The van der Waals surface area contributed by atoms with Crippen molar-refractivity contribution in [2.75, 3.05) is 12.4 Å². The Balaban J connectivity index is 2.95. The van der Waals surface area contributed by atoms with Crippen molar-refractivity contribution < 1.29 is 0 Å². The van der Waals surface area contributed by atoms with E-state index in [1.807, 2.05) is 18.8 Å². The lowest BCUT2D eigenvalue weighted by Crippen LogP contribution is -2.10. The molecule has 1 heterocycles. The van der Waals surface area contributed by atoms with E-state index in [0.29, 0.717) is 0 Å². The lowest BCUT2D eigenvalue weighted by molar-refractivity contribution is 0.797. The molecular weight excluding hydrogens is 310 g/mol. The van der Waals surface area contributed by atoms with Gasteiger partial charge in [-0.25, -0.2) is 9.97 Å². The maximum atomic E-state index is 4.65. The maximum absolute atomic E-state index is 4.65. The van der Waals surface area contributed by atoms with Gasteiger partial charge in [-0.15, -0.1) is 11.8 Å². The predicted octanol–water partition coefficient (Wildman–Crippen LogP) is 4.27. The van der Waals surface area contributed by atoms with Crippen LogP contribution in [0.4, 0.5) is 5.82 Å². The van der Waals surface area contributed by atoms with Crippen molar-refractivity contribution in [3.05, 3.63) is 16.0 Å². The number of aromatic nitrogens is 2. The molecule has 1 aromatic rings. The molecule has 0 fully saturated rings. The van der Waals surface area contributed by atoms with Gasteiger partial charge in [-0.3, -0.25) is 0 Å². The lowest BCUT2D eigenvalue weighted by atomic mass is 10.2. The third-order valence-corrected chi connectivity index (χ3v) is 4.43. The molecule has 0 aliphatic rings. The van der Waals surface area contributed by atoms with Crippen molar-refractivity contribution in [1.82, 2.24) is 9.97 Å². The lowest BCUT2D eigenvalue weighted by Gasteiger charge is -2.17. The third-order valence-electron chi connectivity index (χ3n) is 2.32. The monoisotopic (exact) mass is 331 g/mol. The van der Waals surface area contributed by atoms with E-state index in [1.54, 1.807) is 0 Å². The van der Waals surface area contributed by atoms with Crippen molar-refractivity contribution in [3.63, 3.8) is 0 Å². The number of rotatable bonds is 5. The Morgan fingerprint density at radius 3 is 2.44 bits per heavy atom. The van der Waals surface area contributed by atoms with Gasteiger partial charge in [0.15, 0.2) is 0 Å². The van der Waals surface area contributed by atoms with E-state index in [0.717, 1.165) is 40.4 Å². The number of anilines is 1. The second-order valence-electron chi connectivity index (χ2n) is 5.15. The standard InChI is InChI=1S/C13H22BrN3S/c1-6-7-9-11(14)12(15-5)17-10(16-9)8-18-13(2,3)4/h6-8H2,1-5H3,(H,15,16,17). The first-order chi connectivity index (χ1) is 8.37. The highest BCUT2D eigenvalue weighted by molar-refractivity contribution is 9.10. The summed E-state index contributed by atoms with van der Waals surface area (Å²) >= 11 is 5.44. The molecule has 0 aliphatic carbocycles. The Bertz CT molecular complexity index is 402. The van der Waals surface area contributed by atoms with Crippen LogP contribution < -0.4 is 5.32 Å². The van der Waals surface area contributed by atoms with E-state index in [4.69, 9.17) is 0 Å². The van der Waals surface area contributed by atoms with E-state index < -0.39 is 0 Å². The normalized spacial score (nSPS) is 11.7. The number of nitrogens with zero attached hydrogens (tertiary/aromatic N) is 2. The van der Waals surface area contributed by atoms with E-state index in [1.165, 1.54) is 0 Å². The fraction of sp³-hybridized carbons (Fsp3) is 0.692. The number of hydrogen-bond donors (Lipinski definition) is 1. The quantitative estimate of drug-likeness (QED) is 0.874. The van der Waals surface area contributed by atoms with Crippen LogP contribution in [0.2, 0.25) is 0 Å². The van der Waals surface area contributed by atoms with Crippen molar-refractivity contribution in [1.29, 1.82) is 0 Å². The topological polar surface area (TPSA) is 37.8 Å². The smallest absolute Gasteiger partial charge is 0.144 e. The molecule has 0 saturated heterocycles. The molecule has 1 aromatic heterocycles. The van der Waals surface area contributed by atoms with Crippen molar-refractivity contribution >= 4 is 33.5 Å². The fourth-order valence-corrected chi connectivity index (χ4v) is 2.72. The van der Waals surface area contributed by atoms with Crippen molar-refractivity contribution in [3.8, 4) is 0 Å². The van der Waals surface area contributed by atoms with Gasteiger partial charge in [0.2, 0.25) is 0 Å². The Labute approximate surface area is 123 Å². The van der Waals surface area contributed by atoms with E-state index >= 15 is 0 Å². The highest BCUT2D eigenvalue weighted by Crippen LogP contribution is 2.29. The summed E-state index contributed by atoms with van der Waals surface area (Å²) in [5.41, 5.74) is 1.10. The molecule has 18 heavy (non-hydrogen) atoms. The van der Waals surface area contributed by atoms with Crippen LogP contribution in [0.1, 0.15) is 45.6 Å². The number of halogens is 1. The zero-order valence-corrected chi connectivity index (χ0v) is 14.2. The molecule has 0 unspecified atom stereocenters. The Morgan fingerprint density at radius 1 is 1.28 bits per heavy atom. The van der Waals surface area contributed by atoms with Crippen LogP contribution >= 0.6 is 27.7 Å². The molecule has 0 amide bonds. The summed E-state index contributed by atoms with van der Waals surface area (Å²) in [4.78, 5) is 9.20. The van der Waals surface area contributed by atoms with Crippen LogP contribution in [0.25, 0.3) is 0 Å². The molecule has 102 valence electrons. The number of hydrogen-bond acceptors (Lipinski definition) is 4. The summed E-state index contributed by atoms with van der Waals surface area (Å²) in [6.45, 7) is 8.80. The molecule has 1 rings (SSSR count). The van der Waals surface area contributed by atoms with Crippen LogP contribution in [0, 0.1) is 0 Å². The number of aryl methyl sites for hydroxylation is 1. The Hall–Kier alpha value is -0.290.